The van der Waals surface area contributed by atoms with E-state index in [9.17, 15) is 19.0 Å². The number of carbonyl (C=O) groups excluding carboxylic acids is 2. The first-order valence-corrected chi connectivity index (χ1v) is 22.5. The molecule has 0 aliphatic rings. The number of rotatable bonds is 39. The van der Waals surface area contributed by atoms with Crippen molar-refractivity contribution in [2.75, 3.05) is 26.4 Å². The average Bonchev–Trinajstić information content (AvgIpc) is 3.13. The van der Waals surface area contributed by atoms with Crippen molar-refractivity contribution in [2.24, 2.45) is 5.73 Å². The monoisotopic (exact) mass is 756 g/mol. The molecule has 9 nitrogen and oxygen atoms in total. The molecule has 52 heavy (non-hydrogen) atoms. The fourth-order valence-corrected chi connectivity index (χ4v) is 6.36. The lowest BCUT2D eigenvalue weighted by Crippen LogP contribution is -2.29. The van der Waals surface area contributed by atoms with Crippen LogP contribution >= 0.6 is 7.82 Å². The van der Waals surface area contributed by atoms with E-state index in [0.717, 1.165) is 70.6 Å². The van der Waals surface area contributed by atoms with Gasteiger partial charge in [0, 0.05) is 19.4 Å². The lowest BCUT2D eigenvalue weighted by molar-refractivity contribution is -0.161. The molecule has 304 valence electrons. The summed E-state index contributed by atoms with van der Waals surface area (Å²) >= 11 is 0. The summed E-state index contributed by atoms with van der Waals surface area (Å²) in [5, 5.41) is 0. The maximum Gasteiger partial charge on any atom is 0.472 e. The fourth-order valence-electron chi connectivity index (χ4n) is 5.60. The number of carbonyl (C=O) groups is 2. The van der Waals surface area contributed by atoms with E-state index >= 15 is 0 Å². The summed E-state index contributed by atoms with van der Waals surface area (Å²) in [7, 11) is -4.38. The molecule has 2 atom stereocenters. The molecule has 2 unspecified atom stereocenters. The molecule has 0 spiro atoms. The highest BCUT2D eigenvalue weighted by atomic mass is 31.2. The first-order valence-electron chi connectivity index (χ1n) is 21.0. The van der Waals surface area contributed by atoms with Crippen molar-refractivity contribution in [3.05, 3.63) is 36.5 Å². The van der Waals surface area contributed by atoms with Gasteiger partial charge in [0.05, 0.1) is 13.2 Å². The Labute approximate surface area is 318 Å². The van der Waals surface area contributed by atoms with Gasteiger partial charge in [-0.05, 0) is 70.6 Å². The smallest absolute Gasteiger partial charge is 0.462 e. The van der Waals surface area contributed by atoms with Crippen LogP contribution in [0.2, 0.25) is 0 Å². The van der Waals surface area contributed by atoms with E-state index in [4.69, 9.17) is 24.3 Å². The Bertz CT molecular complexity index is 954. The highest BCUT2D eigenvalue weighted by Crippen LogP contribution is 2.43. The van der Waals surface area contributed by atoms with Crippen molar-refractivity contribution in [1.29, 1.82) is 0 Å². The first-order chi connectivity index (χ1) is 25.3. The van der Waals surface area contributed by atoms with Gasteiger partial charge in [-0.15, -0.1) is 0 Å². The van der Waals surface area contributed by atoms with Crippen LogP contribution in [0, 0.1) is 0 Å². The van der Waals surface area contributed by atoms with E-state index in [1.54, 1.807) is 0 Å². The molecule has 0 aliphatic carbocycles. The van der Waals surface area contributed by atoms with Gasteiger partial charge in [0.1, 0.15) is 6.61 Å². The summed E-state index contributed by atoms with van der Waals surface area (Å²) < 4.78 is 32.7. The van der Waals surface area contributed by atoms with Gasteiger partial charge in [-0.25, -0.2) is 4.57 Å². The topological polar surface area (TPSA) is 134 Å². The molecular weight excluding hydrogens is 677 g/mol. The highest BCUT2D eigenvalue weighted by Gasteiger charge is 2.26. The molecule has 0 saturated carbocycles. The highest BCUT2D eigenvalue weighted by molar-refractivity contribution is 7.47. The molecule has 0 amide bonds. The van der Waals surface area contributed by atoms with Gasteiger partial charge in [-0.2, -0.15) is 0 Å². The molecule has 3 N–H and O–H groups in total. The number of esters is 2. The van der Waals surface area contributed by atoms with Crippen LogP contribution in [0.4, 0.5) is 0 Å². The summed E-state index contributed by atoms with van der Waals surface area (Å²) in [6.07, 6.45) is 41.7. The summed E-state index contributed by atoms with van der Waals surface area (Å²) in [5.74, 6) is -0.847. The van der Waals surface area contributed by atoms with Crippen molar-refractivity contribution >= 4 is 19.8 Å². The Hall–Kier alpha value is -1.77. The Morgan fingerprint density at radius 3 is 1.48 bits per heavy atom. The van der Waals surface area contributed by atoms with Gasteiger partial charge < -0.3 is 20.1 Å². The van der Waals surface area contributed by atoms with Gasteiger partial charge in [0.25, 0.3) is 0 Å². The third kappa shape index (κ3) is 38.0. The molecule has 0 saturated heterocycles. The minimum atomic E-state index is -4.38. The van der Waals surface area contributed by atoms with Crippen molar-refractivity contribution in [1.82, 2.24) is 0 Å². The van der Waals surface area contributed by atoms with E-state index in [1.165, 1.54) is 83.5 Å². The molecule has 10 heteroatoms. The van der Waals surface area contributed by atoms with E-state index in [0.29, 0.717) is 6.42 Å². The summed E-state index contributed by atoms with van der Waals surface area (Å²) in [4.78, 5) is 34.8. The number of allylic oxidation sites excluding steroid dienone is 6. The molecule has 0 aromatic rings. The zero-order valence-electron chi connectivity index (χ0n) is 33.3. The van der Waals surface area contributed by atoms with Gasteiger partial charge in [0.2, 0.25) is 0 Å². The van der Waals surface area contributed by atoms with E-state index in [-0.39, 0.29) is 32.6 Å². The Balaban J connectivity index is 4.19. The second kappa shape index (κ2) is 38.9. The molecule has 0 aliphatic heterocycles. The summed E-state index contributed by atoms with van der Waals surface area (Å²) in [5.41, 5.74) is 5.34. The van der Waals surface area contributed by atoms with E-state index < -0.39 is 32.5 Å². The van der Waals surface area contributed by atoms with Gasteiger partial charge >= 0.3 is 19.8 Å². The number of unbranched alkanes of at least 4 members (excludes halogenated alkanes) is 20. The van der Waals surface area contributed by atoms with E-state index in [2.05, 4.69) is 50.3 Å². The van der Waals surface area contributed by atoms with Crippen LogP contribution in [-0.4, -0.2) is 49.3 Å². The molecule has 0 aromatic heterocycles. The minimum absolute atomic E-state index is 0.0505. The van der Waals surface area contributed by atoms with Crippen LogP contribution in [0.25, 0.3) is 0 Å². The number of ether oxygens (including phenoxy) is 2. The maximum absolute atomic E-state index is 12.6. The predicted octanol–water partition coefficient (Wildman–Crippen LogP) is 11.8. The van der Waals surface area contributed by atoms with Crippen LogP contribution in [0.1, 0.15) is 187 Å². The van der Waals surface area contributed by atoms with Crippen molar-refractivity contribution < 1.29 is 37.6 Å². The van der Waals surface area contributed by atoms with E-state index in [1.807, 2.05) is 0 Å². The molecule has 0 fully saturated rings. The minimum Gasteiger partial charge on any atom is -0.462 e. The van der Waals surface area contributed by atoms with Crippen molar-refractivity contribution in [3.63, 3.8) is 0 Å². The van der Waals surface area contributed by atoms with Crippen LogP contribution < -0.4 is 5.73 Å². The Kier molecular flexibility index (Phi) is 37.6. The van der Waals surface area contributed by atoms with Crippen LogP contribution in [0.5, 0.6) is 0 Å². The predicted molar refractivity (Wildman–Crippen MR) is 215 cm³/mol. The van der Waals surface area contributed by atoms with Crippen molar-refractivity contribution in [2.45, 2.75) is 193 Å². The van der Waals surface area contributed by atoms with Gasteiger partial charge in [-0.3, -0.25) is 18.6 Å². The average molecular weight is 756 g/mol. The lowest BCUT2D eigenvalue weighted by atomic mass is 10.1. The molecular formula is C42H78NO8P. The second-order valence-corrected chi connectivity index (χ2v) is 15.3. The second-order valence-electron chi connectivity index (χ2n) is 13.8. The molecule has 0 heterocycles. The van der Waals surface area contributed by atoms with Crippen molar-refractivity contribution in [3.8, 4) is 0 Å². The zero-order valence-corrected chi connectivity index (χ0v) is 34.2. The third-order valence-electron chi connectivity index (χ3n) is 8.75. The first kappa shape index (κ1) is 50.2. The van der Waals surface area contributed by atoms with Gasteiger partial charge in [0.15, 0.2) is 6.10 Å². The number of nitrogens with two attached hydrogens (primary N) is 1. The van der Waals surface area contributed by atoms with Crippen LogP contribution in [0.3, 0.4) is 0 Å². The third-order valence-corrected chi connectivity index (χ3v) is 9.73. The van der Waals surface area contributed by atoms with Crippen LogP contribution in [-0.2, 0) is 32.7 Å². The number of hydrogen-bond acceptors (Lipinski definition) is 8. The number of phosphoric ester groups is 1. The molecule has 0 bridgehead atoms. The van der Waals surface area contributed by atoms with Gasteiger partial charge in [-0.1, -0.05) is 140 Å². The molecule has 0 radical (unpaired) electrons. The fraction of sp³-hybridized carbons (Fsp3) is 0.810. The number of phosphoric acid groups is 1. The summed E-state index contributed by atoms with van der Waals surface area (Å²) in [6, 6.07) is 0. The maximum atomic E-state index is 12.6. The Morgan fingerprint density at radius 2 is 1.00 bits per heavy atom. The SMILES string of the molecule is CCCCCC/C=C\C/C=C\CCCCCCCCCC(=O)OC(COC(=O)CCCCCCC/C=C\CCCCCC)COP(=O)(O)OCCN. The largest absolute Gasteiger partial charge is 0.472 e. The molecule has 0 rings (SSSR count). The Morgan fingerprint density at radius 1 is 0.577 bits per heavy atom. The standard InChI is InChI=1S/C42H78NO8P/c1-3-5-7-9-11-13-15-17-18-19-20-21-23-25-27-29-31-33-35-42(45)51-40(39-50-52(46,47)49-37-36-43)38-48-41(44)34-32-30-28-26-24-22-16-14-12-10-8-6-4-2/h13-16,18-19,40H,3-12,17,20-39,43H2,1-2H3,(H,46,47)/b15-13-,16-14-,19-18-. The quantitative estimate of drug-likeness (QED) is 0.0272. The van der Waals surface area contributed by atoms with Crippen LogP contribution in [0.15, 0.2) is 36.5 Å². The zero-order chi connectivity index (χ0) is 38.2. The lowest BCUT2D eigenvalue weighted by Gasteiger charge is -2.19. The number of hydrogen-bond donors (Lipinski definition) is 2. The molecule has 0 aromatic carbocycles. The summed E-state index contributed by atoms with van der Waals surface area (Å²) in [6.45, 7) is 3.68. The normalized spacial score (nSPS) is 13.7.